The fourth-order valence-corrected chi connectivity index (χ4v) is 2.26. The van der Waals surface area contributed by atoms with E-state index in [1.165, 1.54) is 19.3 Å². The normalized spacial score (nSPS) is 14.2. The van der Waals surface area contributed by atoms with E-state index in [0.717, 1.165) is 17.7 Å². The molecule has 2 atom stereocenters. The van der Waals surface area contributed by atoms with Gasteiger partial charge >= 0.3 is 0 Å². The Balaban J connectivity index is 2.65. The van der Waals surface area contributed by atoms with E-state index in [1.54, 1.807) is 19.1 Å². The van der Waals surface area contributed by atoms with Gasteiger partial charge in [-0.15, -0.1) is 0 Å². The van der Waals surface area contributed by atoms with Crippen LogP contribution in [0.1, 0.15) is 58.1 Å². The molecule has 0 fully saturated rings. The summed E-state index contributed by atoms with van der Waals surface area (Å²) in [4.78, 5) is 0. The minimum absolute atomic E-state index is 0.565. The van der Waals surface area contributed by atoms with E-state index in [-0.39, 0.29) is 0 Å². The quantitative estimate of drug-likeness (QED) is 0.729. The molecule has 19 heavy (non-hydrogen) atoms. The number of aliphatic hydroxyl groups is 1. The second-order valence-corrected chi connectivity index (χ2v) is 5.52. The molecule has 1 aromatic rings. The smallest absolute Gasteiger partial charge is 0.125 e. The molecule has 0 saturated carbocycles. The van der Waals surface area contributed by atoms with E-state index >= 15 is 0 Å². The number of hydrogen-bond donors (Lipinski definition) is 1. The molecule has 1 aromatic carbocycles. The third kappa shape index (κ3) is 5.42. The van der Waals surface area contributed by atoms with Crippen LogP contribution in [0, 0.1) is 5.92 Å². The monoisotopic (exact) mass is 284 g/mol. The van der Waals surface area contributed by atoms with Crippen molar-refractivity contribution < 1.29 is 9.84 Å². The first-order chi connectivity index (χ1) is 9.08. The summed E-state index contributed by atoms with van der Waals surface area (Å²) in [6, 6.07) is 5.42. The van der Waals surface area contributed by atoms with Crippen molar-refractivity contribution in [3.05, 3.63) is 28.8 Å². The fourth-order valence-electron chi connectivity index (χ4n) is 2.08. The lowest BCUT2D eigenvalue weighted by atomic mass is 10.0. The number of benzene rings is 1. The van der Waals surface area contributed by atoms with Crippen molar-refractivity contribution in [3.8, 4) is 5.75 Å². The summed E-state index contributed by atoms with van der Waals surface area (Å²) in [5.41, 5.74) is 0.762. The zero-order chi connectivity index (χ0) is 14.3. The Morgan fingerprint density at radius 2 is 2.05 bits per heavy atom. The molecule has 0 radical (unpaired) electrons. The largest absolute Gasteiger partial charge is 0.493 e. The van der Waals surface area contributed by atoms with Gasteiger partial charge in [0.15, 0.2) is 0 Å². The van der Waals surface area contributed by atoms with E-state index in [9.17, 15) is 5.11 Å². The average Bonchev–Trinajstić information content (AvgIpc) is 2.40. The number of unbranched alkanes of at least 4 members (excludes halogenated alkanes) is 1. The Morgan fingerprint density at radius 1 is 1.32 bits per heavy atom. The standard InChI is InChI=1S/C16H25ClO2/c1-4-6-7-13(5-2)11-19-16-9-8-14(17)10-15(16)12(3)18/h8-10,12-13,18H,4-7,11H2,1-3H3. The van der Waals surface area contributed by atoms with E-state index in [0.29, 0.717) is 17.5 Å². The van der Waals surface area contributed by atoms with Gasteiger partial charge < -0.3 is 9.84 Å². The fraction of sp³-hybridized carbons (Fsp3) is 0.625. The van der Waals surface area contributed by atoms with Crippen LogP contribution in [0.2, 0.25) is 5.02 Å². The first-order valence-corrected chi connectivity index (χ1v) is 7.56. The van der Waals surface area contributed by atoms with Crippen LogP contribution in [0.3, 0.4) is 0 Å². The molecule has 108 valence electrons. The molecule has 0 amide bonds. The first kappa shape index (κ1) is 16.3. The molecule has 0 bridgehead atoms. The lowest BCUT2D eigenvalue weighted by molar-refractivity contribution is 0.183. The number of hydrogen-bond acceptors (Lipinski definition) is 2. The van der Waals surface area contributed by atoms with Gasteiger partial charge in [0.05, 0.1) is 12.7 Å². The van der Waals surface area contributed by atoms with E-state index in [4.69, 9.17) is 16.3 Å². The summed E-state index contributed by atoms with van der Waals surface area (Å²) >= 11 is 5.95. The highest BCUT2D eigenvalue weighted by Crippen LogP contribution is 2.29. The SMILES string of the molecule is CCCCC(CC)COc1ccc(Cl)cc1C(C)O. The molecule has 0 heterocycles. The van der Waals surface area contributed by atoms with Gasteiger partial charge in [-0.25, -0.2) is 0 Å². The molecule has 0 aromatic heterocycles. The Bertz CT molecular complexity index is 377. The minimum Gasteiger partial charge on any atom is -0.493 e. The van der Waals surface area contributed by atoms with Crippen LogP contribution in [0.25, 0.3) is 0 Å². The molecule has 0 saturated heterocycles. The van der Waals surface area contributed by atoms with Crippen LogP contribution >= 0.6 is 11.6 Å². The van der Waals surface area contributed by atoms with E-state index in [1.807, 2.05) is 6.07 Å². The van der Waals surface area contributed by atoms with Crippen molar-refractivity contribution in [1.82, 2.24) is 0 Å². The summed E-state index contributed by atoms with van der Waals surface area (Å²) in [7, 11) is 0. The van der Waals surface area contributed by atoms with Gasteiger partial charge in [-0.3, -0.25) is 0 Å². The van der Waals surface area contributed by atoms with Crippen molar-refractivity contribution in [1.29, 1.82) is 0 Å². The summed E-state index contributed by atoms with van der Waals surface area (Å²) in [6.07, 6.45) is 4.22. The maximum Gasteiger partial charge on any atom is 0.125 e. The van der Waals surface area contributed by atoms with E-state index in [2.05, 4.69) is 13.8 Å². The third-order valence-corrected chi connectivity index (χ3v) is 3.67. The maximum absolute atomic E-state index is 9.75. The summed E-state index contributed by atoms with van der Waals surface area (Å²) in [5.74, 6) is 1.33. The summed E-state index contributed by atoms with van der Waals surface area (Å²) in [6.45, 7) is 6.84. The molecule has 1 N–H and O–H groups in total. The molecule has 2 unspecified atom stereocenters. The predicted molar refractivity (Wildman–Crippen MR) is 80.9 cm³/mol. The highest BCUT2D eigenvalue weighted by molar-refractivity contribution is 6.30. The third-order valence-electron chi connectivity index (χ3n) is 3.44. The number of aliphatic hydroxyl groups excluding tert-OH is 1. The maximum atomic E-state index is 9.75. The Morgan fingerprint density at radius 3 is 2.63 bits per heavy atom. The van der Waals surface area contributed by atoms with Gasteiger partial charge in [0.2, 0.25) is 0 Å². The van der Waals surface area contributed by atoms with Crippen LogP contribution in [0.5, 0.6) is 5.75 Å². The highest BCUT2D eigenvalue weighted by atomic mass is 35.5. The zero-order valence-corrected chi connectivity index (χ0v) is 12.9. The number of ether oxygens (including phenoxy) is 1. The molecular formula is C16H25ClO2. The van der Waals surface area contributed by atoms with Crippen molar-refractivity contribution in [3.63, 3.8) is 0 Å². The van der Waals surface area contributed by atoms with Crippen LogP contribution in [0.15, 0.2) is 18.2 Å². The summed E-state index contributed by atoms with van der Waals surface area (Å²) in [5, 5.41) is 10.4. The topological polar surface area (TPSA) is 29.5 Å². The van der Waals surface area contributed by atoms with Crippen LogP contribution in [-0.2, 0) is 0 Å². The Hall–Kier alpha value is -0.730. The molecule has 0 aliphatic heterocycles. The van der Waals surface area contributed by atoms with Gasteiger partial charge in [0.25, 0.3) is 0 Å². The van der Waals surface area contributed by atoms with Crippen LogP contribution in [-0.4, -0.2) is 11.7 Å². The first-order valence-electron chi connectivity index (χ1n) is 7.18. The van der Waals surface area contributed by atoms with Crippen molar-refractivity contribution in [2.75, 3.05) is 6.61 Å². The predicted octanol–water partition coefficient (Wildman–Crippen LogP) is 4.99. The van der Waals surface area contributed by atoms with Gasteiger partial charge in [-0.2, -0.15) is 0 Å². The van der Waals surface area contributed by atoms with Gasteiger partial charge in [0.1, 0.15) is 5.75 Å². The van der Waals surface area contributed by atoms with Gasteiger partial charge in [-0.05, 0) is 37.5 Å². The summed E-state index contributed by atoms with van der Waals surface area (Å²) < 4.78 is 5.88. The second kappa shape index (κ2) is 8.44. The zero-order valence-electron chi connectivity index (χ0n) is 12.2. The highest BCUT2D eigenvalue weighted by Gasteiger charge is 2.12. The average molecular weight is 285 g/mol. The van der Waals surface area contributed by atoms with Gasteiger partial charge in [-0.1, -0.05) is 44.7 Å². The van der Waals surface area contributed by atoms with E-state index < -0.39 is 6.10 Å². The van der Waals surface area contributed by atoms with Crippen molar-refractivity contribution in [2.24, 2.45) is 5.92 Å². The number of halogens is 1. The second-order valence-electron chi connectivity index (χ2n) is 5.09. The molecule has 3 heteroatoms. The molecule has 0 spiro atoms. The Labute approximate surface area is 121 Å². The lowest BCUT2D eigenvalue weighted by Crippen LogP contribution is -2.12. The van der Waals surface area contributed by atoms with Crippen LogP contribution < -0.4 is 4.74 Å². The van der Waals surface area contributed by atoms with Gasteiger partial charge in [0, 0.05) is 10.6 Å². The molecule has 1 rings (SSSR count). The number of rotatable bonds is 8. The molecular weight excluding hydrogens is 260 g/mol. The Kier molecular flexibility index (Phi) is 7.25. The molecule has 2 nitrogen and oxygen atoms in total. The molecule has 0 aliphatic rings. The van der Waals surface area contributed by atoms with Crippen molar-refractivity contribution >= 4 is 11.6 Å². The van der Waals surface area contributed by atoms with Crippen LogP contribution in [0.4, 0.5) is 0 Å². The molecule has 0 aliphatic carbocycles. The lowest BCUT2D eigenvalue weighted by Gasteiger charge is -2.18. The van der Waals surface area contributed by atoms with Crippen molar-refractivity contribution in [2.45, 2.75) is 52.6 Å². The minimum atomic E-state index is -0.565.